The molecule has 0 unspecified atom stereocenters. The number of halogens is 1. The number of benzene rings is 2. The number of carbonyl (C=O) groups excluding carboxylic acids is 1. The van der Waals surface area contributed by atoms with Crippen LogP contribution in [0.2, 0.25) is 0 Å². The van der Waals surface area contributed by atoms with Gasteiger partial charge in [0.25, 0.3) is 0 Å². The van der Waals surface area contributed by atoms with Crippen molar-refractivity contribution in [1.82, 2.24) is 0 Å². The van der Waals surface area contributed by atoms with Crippen molar-refractivity contribution in [2.45, 2.75) is 13.3 Å². The molecule has 0 aliphatic rings. The summed E-state index contributed by atoms with van der Waals surface area (Å²) in [4.78, 5) is 12.2. The van der Waals surface area contributed by atoms with Gasteiger partial charge in [-0.25, -0.2) is 12.8 Å². The van der Waals surface area contributed by atoms with E-state index >= 15 is 0 Å². The summed E-state index contributed by atoms with van der Waals surface area (Å²) in [6.45, 7) is 2.23. The second-order valence-electron chi connectivity index (χ2n) is 5.54. The van der Waals surface area contributed by atoms with E-state index in [0.717, 1.165) is 10.6 Å². The van der Waals surface area contributed by atoms with Crippen molar-refractivity contribution in [3.63, 3.8) is 0 Å². The van der Waals surface area contributed by atoms with Crippen molar-refractivity contribution in [3.8, 4) is 5.75 Å². The molecule has 2 rings (SSSR count). The minimum absolute atomic E-state index is 0.0624. The molecule has 0 heterocycles. The van der Waals surface area contributed by atoms with Crippen LogP contribution in [0.5, 0.6) is 5.75 Å². The van der Waals surface area contributed by atoms with Gasteiger partial charge in [0.05, 0.1) is 24.2 Å². The lowest BCUT2D eigenvalue weighted by Crippen LogP contribution is -2.33. The lowest BCUT2D eigenvalue weighted by molar-refractivity contribution is -0.116. The van der Waals surface area contributed by atoms with E-state index in [4.69, 9.17) is 4.74 Å². The van der Waals surface area contributed by atoms with Gasteiger partial charge in [-0.15, -0.1) is 0 Å². The molecular formula is C18H21FN2O4S. The predicted octanol–water partition coefficient (Wildman–Crippen LogP) is 3.02. The third-order valence-electron chi connectivity index (χ3n) is 3.52. The van der Waals surface area contributed by atoms with Gasteiger partial charge in [0.15, 0.2) is 0 Å². The maximum Gasteiger partial charge on any atom is 0.232 e. The highest BCUT2D eigenvalue weighted by Crippen LogP contribution is 2.24. The zero-order valence-corrected chi connectivity index (χ0v) is 15.4. The Morgan fingerprint density at radius 1 is 1.15 bits per heavy atom. The minimum Gasteiger partial charge on any atom is -0.492 e. The van der Waals surface area contributed by atoms with Gasteiger partial charge in [0.1, 0.15) is 11.6 Å². The van der Waals surface area contributed by atoms with Crippen LogP contribution in [-0.4, -0.2) is 33.7 Å². The Morgan fingerprint density at radius 2 is 1.81 bits per heavy atom. The topological polar surface area (TPSA) is 75.7 Å². The highest BCUT2D eigenvalue weighted by atomic mass is 32.2. The first kappa shape index (κ1) is 19.7. The zero-order chi connectivity index (χ0) is 19.2. The third-order valence-corrected chi connectivity index (χ3v) is 4.71. The number of hydrogen-bond acceptors (Lipinski definition) is 4. The average molecular weight is 380 g/mol. The average Bonchev–Trinajstić information content (AvgIpc) is 2.57. The maximum absolute atomic E-state index is 13.1. The quantitative estimate of drug-likeness (QED) is 0.764. The lowest BCUT2D eigenvalue weighted by Gasteiger charge is -2.22. The van der Waals surface area contributed by atoms with Crippen molar-refractivity contribution >= 4 is 27.3 Å². The Hall–Kier alpha value is -2.61. The van der Waals surface area contributed by atoms with Crippen LogP contribution in [0.15, 0.2) is 48.5 Å². The second-order valence-corrected chi connectivity index (χ2v) is 7.45. The maximum atomic E-state index is 13.1. The smallest absolute Gasteiger partial charge is 0.232 e. The summed E-state index contributed by atoms with van der Waals surface area (Å²) >= 11 is 0. The molecular weight excluding hydrogens is 359 g/mol. The van der Waals surface area contributed by atoms with Gasteiger partial charge >= 0.3 is 0 Å². The second kappa shape index (κ2) is 8.66. The number of nitrogens with zero attached hydrogens (tertiary/aromatic N) is 1. The van der Waals surface area contributed by atoms with Crippen LogP contribution in [0.4, 0.5) is 15.8 Å². The van der Waals surface area contributed by atoms with Gasteiger partial charge in [-0.3, -0.25) is 9.10 Å². The van der Waals surface area contributed by atoms with E-state index in [9.17, 15) is 17.6 Å². The van der Waals surface area contributed by atoms with Gasteiger partial charge < -0.3 is 10.1 Å². The number of rotatable bonds is 8. The lowest BCUT2D eigenvalue weighted by atomic mass is 10.2. The van der Waals surface area contributed by atoms with Gasteiger partial charge in [-0.05, 0) is 43.3 Å². The summed E-state index contributed by atoms with van der Waals surface area (Å²) in [5.74, 6) is -0.276. The normalized spacial score (nSPS) is 11.0. The molecule has 0 bridgehead atoms. The zero-order valence-electron chi connectivity index (χ0n) is 14.6. The highest BCUT2D eigenvalue weighted by Gasteiger charge is 2.19. The Kier molecular flexibility index (Phi) is 6.57. The first-order valence-electron chi connectivity index (χ1n) is 8.06. The number of para-hydroxylation sites is 2. The number of sulfonamides is 1. The van der Waals surface area contributed by atoms with Crippen molar-refractivity contribution < 1.29 is 22.3 Å². The van der Waals surface area contributed by atoms with Crippen LogP contribution in [0.3, 0.4) is 0 Å². The molecule has 0 saturated carbocycles. The van der Waals surface area contributed by atoms with E-state index in [0.29, 0.717) is 23.7 Å². The minimum atomic E-state index is -3.61. The molecule has 6 nitrogen and oxygen atoms in total. The summed E-state index contributed by atoms with van der Waals surface area (Å²) in [5.41, 5.74) is 0.823. The SMILES string of the molecule is CCOc1ccccc1NC(=O)CCN(c1ccc(F)cc1)S(C)(=O)=O. The molecule has 0 aliphatic carbocycles. The van der Waals surface area contributed by atoms with Crippen molar-refractivity contribution in [1.29, 1.82) is 0 Å². The number of amides is 1. The molecule has 140 valence electrons. The first-order valence-corrected chi connectivity index (χ1v) is 9.91. The van der Waals surface area contributed by atoms with E-state index in [1.807, 2.05) is 6.92 Å². The molecule has 26 heavy (non-hydrogen) atoms. The van der Waals surface area contributed by atoms with Crippen LogP contribution in [0, 0.1) is 5.82 Å². The van der Waals surface area contributed by atoms with Gasteiger partial charge in [-0.1, -0.05) is 12.1 Å². The molecule has 1 N–H and O–H groups in total. The van der Waals surface area contributed by atoms with Crippen LogP contribution < -0.4 is 14.4 Å². The van der Waals surface area contributed by atoms with Crippen molar-refractivity contribution in [2.75, 3.05) is 29.0 Å². The fourth-order valence-corrected chi connectivity index (χ4v) is 3.29. The number of anilines is 2. The molecule has 8 heteroatoms. The predicted molar refractivity (Wildman–Crippen MR) is 99.4 cm³/mol. The Balaban J connectivity index is 2.07. The molecule has 0 spiro atoms. The van der Waals surface area contributed by atoms with Gasteiger partial charge in [-0.2, -0.15) is 0 Å². The summed E-state index contributed by atoms with van der Waals surface area (Å²) in [6.07, 6.45) is 0.976. The monoisotopic (exact) mass is 380 g/mol. The summed E-state index contributed by atoms with van der Waals surface area (Å²) in [6, 6.07) is 12.1. The van der Waals surface area contributed by atoms with Crippen LogP contribution >= 0.6 is 0 Å². The van der Waals surface area contributed by atoms with Crippen LogP contribution in [0.25, 0.3) is 0 Å². The largest absolute Gasteiger partial charge is 0.492 e. The number of hydrogen-bond donors (Lipinski definition) is 1. The van der Waals surface area contributed by atoms with E-state index in [-0.39, 0.29) is 18.9 Å². The Bertz CT molecular complexity index is 854. The van der Waals surface area contributed by atoms with Gasteiger partial charge in [0, 0.05) is 13.0 Å². The third kappa shape index (κ3) is 5.45. The molecule has 0 fully saturated rings. The molecule has 0 aromatic heterocycles. The fraction of sp³-hybridized carbons (Fsp3) is 0.278. The molecule has 1 amide bonds. The highest BCUT2D eigenvalue weighted by molar-refractivity contribution is 7.92. The van der Waals surface area contributed by atoms with Gasteiger partial charge in [0.2, 0.25) is 15.9 Å². The molecule has 0 atom stereocenters. The molecule has 2 aromatic rings. The van der Waals surface area contributed by atoms with E-state index in [1.165, 1.54) is 24.3 Å². The fourth-order valence-electron chi connectivity index (χ4n) is 2.36. The molecule has 0 aliphatic heterocycles. The van der Waals surface area contributed by atoms with Crippen molar-refractivity contribution in [2.24, 2.45) is 0 Å². The standard InChI is InChI=1S/C18H21FN2O4S/c1-3-25-17-7-5-4-6-16(17)20-18(22)12-13-21(26(2,23)24)15-10-8-14(19)9-11-15/h4-11H,3,12-13H2,1-2H3,(H,20,22). The molecule has 0 saturated heterocycles. The number of nitrogens with one attached hydrogen (secondary N) is 1. The Morgan fingerprint density at radius 3 is 2.42 bits per heavy atom. The van der Waals surface area contributed by atoms with Crippen LogP contribution in [0.1, 0.15) is 13.3 Å². The van der Waals surface area contributed by atoms with E-state index in [1.54, 1.807) is 24.3 Å². The van der Waals surface area contributed by atoms with Crippen LogP contribution in [-0.2, 0) is 14.8 Å². The summed E-state index contributed by atoms with van der Waals surface area (Å²) in [7, 11) is -3.61. The van der Waals surface area contributed by atoms with Crippen molar-refractivity contribution in [3.05, 3.63) is 54.3 Å². The molecule has 2 aromatic carbocycles. The Labute approximate surface area is 152 Å². The van der Waals surface area contributed by atoms with E-state index in [2.05, 4.69) is 5.32 Å². The molecule has 0 radical (unpaired) electrons. The van der Waals surface area contributed by atoms with E-state index < -0.39 is 15.8 Å². The number of ether oxygens (including phenoxy) is 1. The summed E-state index contributed by atoms with van der Waals surface area (Å²) in [5, 5.41) is 2.72. The summed E-state index contributed by atoms with van der Waals surface area (Å²) < 4.78 is 43.6. The number of carbonyl (C=O) groups is 1. The first-order chi connectivity index (χ1) is 12.3.